The zero-order valence-electron chi connectivity index (χ0n) is 16.8. The molecule has 1 aromatic rings. The Labute approximate surface area is 176 Å². The van der Waals surface area contributed by atoms with Gasteiger partial charge in [0, 0.05) is 25.5 Å². The van der Waals surface area contributed by atoms with E-state index in [-0.39, 0.29) is 18.1 Å². The van der Waals surface area contributed by atoms with Crippen LogP contribution in [0.3, 0.4) is 0 Å². The van der Waals surface area contributed by atoms with E-state index in [4.69, 9.17) is 0 Å². The Bertz CT molecular complexity index is 819. The summed E-state index contributed by atoms with van der Waals surface area (Å²) in [4.78, 5) is 16.7. The van der Waals surface area contributed by atoms with E-state index in [0.717, 1.165) is 37.5 Å². The molecule has 3 atom stereocenters. The molecule has 0 aromatic heterocycles. The highest BCUT2D eigenvalue weighted by Crippen LogP contribution is 2.35. The maximum absolute atomic E-state index is 12.5. The maximum atomic E-state index is 12.5. The maximum Gasteiger partial charge on any atom is 0.233 e. The molecule has 2 fully saturated rings. The molecular weight excluding hydrogens is 384 g/mol. The monoisotopic (exact) mass is 412 g/mol. The Morgan fingerprint density at radius 3 is 2.76 bits per heavy atom. The number of carbonyl (C=O) groups excluding carboxylic acids is 1. The predicted octanol–water partition coefficient (Wildman–Crippen LogP) is 2.35. The third-order valence-corrected chi connectivity index (χ3v) is 7.17. The molecule has 2 saturated heterocycles. The number of benzene rings is 1. The van der Waals surface area contributed by atoms with E-state index < -0.39 is 0 Å². The zero-order chi connectivity index (χ0) is 19.8. The summed E-state index contributed by atoms with van der Waals surface area (Å²) >= 11 is 1.54. The Kier molecular flexibility index (Phi) is 5.13. The van der Waals surface area contributed by atoms with E-state index in [1.807, 2.05) is 4.90 Å². The van der Waals surface area contributed by atoms with Gasteiger partial charge in [0.2, 0.25) is 5.91 Å². The number of nitrogens with zero attached hydrogens (tertiary/aromatic N) is 4. The van der Waals surface area contributed by atoms with Crippen LogP contribution in [0.5, 0.6) is 0 Å². The highest BCUT2D eigenvalue weighted by atomic mass is 32.2. The molecule has 0 saturated carbocycles. The third kappa shape index (κ3) is 3.71. The van der Waals surface area contributed by atoms with Gasteiger partial charge in [0.05, 0.1) is 17.8 Å². The lowest BCUT2D eigenvalue weighted by Gasteiger charge is -2.36. The molecule has 4 aliphatic rings. The SMILES string of the molecule is Cc1ccc(C2CC3C4NN=C(SCC(=O)N5CCCCC5)N4C=CN3N2)cc1. The molecule has 2 N–H and O–H groups in total. The Morgan fingerprint density at radius 2 is 1.97 bits per heavy atom. The number of amidine groups is 1. The van der Waals surface area contributed by atoms with Crippen LogP contribution >= 0.6 is 11.8 Å². The summed E-state index contributed by atoms with van der Waals surface area (Å²) in [6.07, 6.45) is 8.74. The fourth-order valence-electron chi connectivity index (χ4n) is 4.53. The normalized spacial score (nSPS) is 28.1. The molecule has 4 aliphatic heterocycles. The average Bonchev–Trinajstić information content (AvgIpc) is 3.37. The molecule has 1 amide bonds. The van der Waals surface area contributed by atoms with Gasteiger partial charge >= 0.3 is 0 Å². The van der Waals surface area contributed by atoms with Gasteiger partial charge in [-0.05, 0) is 38.2 Å². The van der Waals surface area contributed by atoms with Crippen LogP contribution in [0.1, 0.15) is 42.9 Å². The highest BCUT2D eigenvalue weighted by Gasteiger charge is 2.44. The first-order valence-electron chi connectivity index (χ1n) is 10.5. The van der Waals surface area contributed by atoms with Gasteiger partial charge < -0.3 is 14.8 Å². The van der Waals surface area contributed by atoms with Crippen LogP contribution in [0.25, 0.3) is 0 Å². The molecular formula is C21H28N6OS. The van der Waals surface area contributed by atoms with Gasteiger partial charge in [0.1, 0.15) is 6.17 Å². The molecule has 0 spiro atoms. The lowest BCUT2D eigenvalue weighted by atomic mass is 9.99. The van der Waals surface area contributed by atoms with Crippen LogP contribution in [0.15, 0.2) is 41.8 Å². The van der Waals surface area contributed by atoms with Crippen molar-refractivity contribution in [2.45, 2.75) is 50.9 Å². The first-order valence-corrected chi connectivity index (χ1v) is 11.5. The molecule has 7 nitrogen and oxygen atoms in total. The van der Waals surface area contributed by atoms with E-state index in [0.29, 0.717) is 11.8 Å². The number of aryl methyl sites for hydroxylation is 1. The Balaban J connectivity index is 1.20. The number of hydrogen-bond donors (Lipinski definition) is 2. The number of thioether (sulfide) groups is 1. The molecule has 8 heteroatoms. The van der Waals surface area contributed by atoms with Gasteiger partial charge in [-0.15, -0.1) is 0 Å². The standard InChI is InChI=1S/C21H28N6OS/c1-15-5-7-16(8-6-15)17-13-18-20-22-23-21(26(20)11-12-27(18)24-17)29-14-19(28)25-9-3-2-4-10-25/h5-8,11-12,17-18,20,22,24H,2-4,9-10,13-14H2,1H3. The number of carbonyl (C=O) groups is 1. The largest absolute Gasteiger partial charge is 0.342 e. The molecule has 5 rings (SSSR count). The van der Waals surface area contributed by atoms with Gasteiger partial charge in [0.25, 0.3) is 0 Å². The Morgan fingerprint density at radius 1 is 1.17 bits per heavy atom. The van der Waals surface area contributed by atoms with Crippen LogP contribution < -0.4 is 10.9 Å². The minimum atomic E-state index is 0.0931. The number of hydrogen-bond acceptors (Lipinski definition) is 7. The first-order chi connectivity index (χ1) is 14.2. The van der Waals surface area contributed by atoms with Crippen molar-refractivity contribution in [3.05, 3.63) is 47.8 Å². The van der Waals surface area contributed by atoms with Crippen molar-refractivity contribution in [1.29, 1.82) is 0 Å². The lowest BCUT2D eigenvalue weighted by Crippen LogP contribution is -2.54. The summed E-state index contributed by atoms with van der Waals surface area (Å²) < 4.78 is 0. The second-order valence-electron chi connectivity index (χ2n) is 8.21. The summed E-state index contributed by atoms with van der Waals surface area (Å²) in [5, 5.41) is 7.63. The van der Waals surface area contributed by atoms with Gasteiger partial charge in [-0.3, -0.25) is 10.2 Å². The third-order valence-electron chi connectivity index (χ3n) is 6.22. The summed E-state index contributed by atoms with van der Waals surface area (Å²) in [6.45, 7) is 3.92. The summed E-state index contributed by atoms with van der Waals surface area (Å²) in [5.74, 6) is 0.682. The number of piperidine rings is 1. The van der Waals surface area contributed by atoms with Crippen molar-refractivity contribution >= 4 is 22.8 Å². The minimum Gasteiger partial charge on any atom is -0.342 e. The van der Waals surface area contributed by atoms with Crippen LogP contribution in [0.2, 0.25) is 0 Å². The summed E-state index contributed by atoms with van der Waals surface area (Å²) in [5.41, 5.74) is 9.50. The van der Waals surface area contributed by atoms with E-state index in [1.54, 1.807) is 0 Å². The molecule has 0 radical (unpaired) electrons. The van der Waals surface area contributed by atoms with Crippen molar-refractivity contribution in [1.82, 2.24) is 25.7 Å². The molecule has 0 aliphatic carbocycles. The lowest BCUT2D eigenvalue weighted by molar-refractivity contribution is -0.129. The summed E-state index contributed by atoms with van der Waals surface area (Å²) in [6, 6.07) is 9.33. The fraction of sp³-hybridized carbons (Fsp3) is 0.524. The average molecular weight is 413 g/mol. The number of amides is 1. The zero-order valence-corrected chi connectivity index (χ0v) is 17.6. The second-order valence-corrected chi connectivity index (χ2v) is 9.15. The van der Waals surface area contributed by atoms with Crippen molar-refractivity contribution in [3.8, 4) is 0 Å². The second kappa shape index (κ2) is 7.91. The molecule has 29 heavy (non-hydrogen) atoms. The molecule has 1 aromatic carbocycles. The minimum absolute atomic E-state index is 0.0931. The Hall–Kier alpha value is -2.19. The number of hydrazine groups is 1. The van der Waals surface area contributed by atoms with E-state index >= 15 is 0 Å². The van der Waals surface area contributed by atoms with Crippen LogP contribution in [-0.2, 0) is 4.79 Å². The van der Waals surface area contributed by atoms with Crippen molar-refractivity contribution in [2.24, 2.45) is 5.10 Å². The van der Waals surface area contributed by atoms with E-state index in [1.165, 1.54) is 29.3 Å². The van der Waals surface area contributed by atoms with E-state index in [2.05, 4.69) is 69.5 Å². The number of fused-ring (bicyclic) bond motifs is 3. The highest BCUT2D eigenvalue weighted by molar-refractivity contribution is 8.14. The predicted molar refractivity (Wildman–Crippen MR) is 116 cm³/mol. The molecule has 154 valence electrons. The molecule has 0 bridgehead atoms. The van der Waals surface area contributed by atoms with Gasteiger partial charge in [0.15, 0.2) is 5.17 Å². The summed E-state index contributed by atoms with van der Waals surface area (Å²) in [7, 11) is 0. The smallest absolute Gasteiger partial charge is 0.233 e. The van der Waals surface area contributed by atoms with Gasteiger partial charge in [-0.25, -0.2) is 5.43 Å². The first kappa shape index (κ1) is 18.8. The molecule has 4 heterocycles. The van der Waals surface area contributed by atoms with Crippen LogP contribution in [0.4, 0.5) is 0 Å². The van der Waals surface area contributed by atoms with E-state index in [9.17, 15) is 4.79 Å². The topological polar surface area (TPSA) is 63.2 Å². The van der Waals surface area contributed by atoms with Crippen molar-refractivity contribution in [2.75, 3.05) is 18.8 Å². The number of hydrazone groups is 1. The van der Waals surface area contributed by atoms with Crippen LogP contribution in [-0.4, -0.2) is 56.9 Å². The van der Waals surface area contributed by atoms with Gasteiger partial charge in [-0.2, -0.15) is 5.10 Å². The quantitative estimate of drug-likeness (QED) is 0.795. The molecule has 3 unspecified atom stereocenters. The number of rotatable bonds is 3. The van der Waals surface area contributed by atoms with Crippen LogP contribution in [0, 0.1) is 6.92 Å². The number of likely N-dealkylation sites (tertiary alicyclic amines) is 1. The number of nitrogens with one attached hydrogen (secondary N) is 2. The van der Waals surface area contributed by atoms with Crippen molar-refractivity contribution in [3.63, 3.8) is 0 Å². The fourth-order valence-corrected chi connectivity index (χ4v) is 5.40. The van der Waals surface area contributed by atoms with Gasteiger partial charge in [-0.1, -0.05) is 41.6 Å². The van der Waals surface area contributed by atoms with Crippen molar-refractivity contribution < 1.29 is 4.79 Å².